The van der Waals surface area contributed by atoms with Gasteiger partial charge in [-0.05, 0) is 94.0 Å². The van der Waals surface area contributed by atoms with Gasteiger partial charge in [-0.2, -0.15) is 4.68 Å². The van der Waals surface area contributed by atoms with E-state index in [2.05, 4.69) is 34.0 Å². The molecule has 1 aliphatic carbocycles. The molecule has 1 amide bonds. The van der Waals surface area contributed by atoms with Crippen LogP contribution < -0.4 is 5.32 Å². The summed E-state index contributed by atoms with van der Waals surface area (Å²) in [6.45, 7) is 9.11. The average molecular weight is 514 g/mol. The van der Waals surface area contributed by atoms with Crippen LogP contribution in [0.15, 0.2) is 42.7 Å². The standard InChI is InChI=1S/C28H37ClFN5O/c1-20(2)31-26-10-15-35(32-26)27(36)33-16-12-28(13-17-33)11-3-14-34(28)19-22-4-7-23(29)18-25(22)21-5-8-24(30)9-6-21/h4,7,10,15,18,21,24H,1,3,5-6,8-9,11-14,16-17,19H2,2H3,(H,31,32). The summed E-state index contributed by atoms with van der Waals surface area (Å²) in [6.07, 6.45) is 8.41. The quantitative estimate of drug-likeness (QED) is 0.491. The third kappa shape index (κ3) is 5.32. The summed E-state index contributed by atoms with van der Waals surface area (Å²) < 4.78 is 15.2. The molecule has 0 bridgehead atoms. The number of nitrogens with zero attached hydrogens (tertiary/aromatic N) is 4. The lowest BCUT2D eigenvalue weighted by Gasteiger charge is -2.45. The summed E-state index contributed by atoms with van der Waals surface area (Å²) in [7, 11) is 0. The summed E-state index contributed by atoms with van der Waals surface area (Å²) >= 11 is 6.41. The van der Waals surface area contributed by atoms with E-state index in [9.17, 15) is 9.18 Å². The Morgan fingerprint density at radius 2 is 1.92 bits per heavy atom. The number of carbonyl (C=O) groups excluding carboxylic acids is 1. The minimum absolute atomic E-state index is 0.0763. The van der Waals surface area contributed by atoms with E-state index < -0.39 is 6.17 Å². The van der Waals surface area contributed by atoms with Crippen LogP contribution in [0.1, 0.15) is 75.3 Å². The number of likely N-dealkylation sites (tertiary alicyclic amines) is 2. The van der Waals surface area contributed by atoms with Crippen LogP contribution in [-0.4, -0.2) is 57.0 Å². The summed E-state index contributed by atoms with van der Waals surface area (Å²) in [5.41, 5.74) is 3.55. The van der Waals surface area contributed by atoms with Gasteiger partial charge in [0.25, 0.3) is 0 Å². The molecule has 1 aromatic carbocycles. The zero-order valence-electron chi connectivity index (χ0n) is 21.2. The topological polar surface area (TPSA) is 53.4 Å². The Labute approximate surface area is 218 Å². The van der Waals surface area contributed by atoms with Crippen molar-refractivity contribution in [3.05, 3.63) is 58.9 Å². The van der Waals surface area contributed by atoms with E-state index in [0.717, 1.165) is 62.6 Å². The smallest absolute Gasteiger partial charge is 0.343 e. The molecule has 194 valence electrons. The minimum atomic E-state index is -0.658. The van der Waals surface area contributed by atoms with E-state index in [1.165, 1.54) is 28.7 Å². The van der Waals surface area contributed by atoms with Gasteiger partial charge in [-0.15, -0.1) is 5.10 Å². The Bertz CT molecular complexity index is 1100. The molecule has 0 unspecified atom stereocenters. The molecule has 36 heavy (non-hydrogen) atoms. The summed E-state index contributed by atoms with van der Waals surface area (Å²) in [5, 5.41) is 8.18. The molecule has 2 aromatic rings. The molecule has 1 saturated carbocycles. The molecule has 5 rings (SSSR count). The van der Waals surface area contributed by atoms with E-state index in [-0.39, 0.29) is 11.6 Å². The number of aromatic nitrogens is 2. The van der Waals surface area contributed by atoms with Crippen LogP contribution in [0.4, 0.5) is 15.0 Å². The van der Waals surface area contributed by atoms with Gasteiger partial charge >= 0.3 is 6.03 Å². The lowest BCUT2D eigenvalue weighted by Crippen LogP contribution is -2.53. The number of hydrogen-bond acceptors (Lipinski definition) is 4. The van der Waals surface area contributed by atoms with E-state index >= 15 is 0 Å². The zero-order valence-corrected chi connectivity index (χ0v) is 21.9. The van der Waals surface area contributed by atoms with Crippen molar-refractivity contribution in [1.29, 1.82) is 0 Å². The average Bonchev–Trinajstić information content (AvgIpc) is 3.48. The fraction of sp³-hybridized carbons (Fsp3) is 0.571. The van der Waals surface area contributed by atoms with Gasteiger partial charge in [0.2, 0.25) is 0 Å². The van der Waals surface area contributed by atoms with Crippen molar-refractivity contribution >= 4 is 23.4 Å². The third-order valence-corrected chi connectivity index (χ3v) is 8.63. The van der Waals surface area contributed by atoms with Crippen LogP contribution in [0.2, 0.25) is 5.02 Å². The minimum Gasteiger partial charge on any atom is -0.343 e. The Morgan fingerprint density at radius 1 is 1.17 bits per heavy atom. The lowest BCUT2D eigenvalue weighted by molar-refractivity contribution is 0.0582. The van der Waals surface area contributed by atoms with Crippen LogP contribution in [0, 0.1) is 0 Å². The van der Waals surface area contributed by atoms with E-state index in [1.54, 1.807) is 12.3 Å². The molecule has 8 heteroatoms. The van der Waals surface area contributed by atoms with Crippen molar-refractivity contribution in [3.8, 4) is 0 Å². The number of anilines is 1. The molecule has 1 aromatic heterocycles. The first kappa shape index (κ1) is 25.3. The molecule has 0 radical (unpaired) electrons. The maximum Gasteiger partial charge on any atom is 0.344 e. The first-order valence-corrected chi connectivity index (χ1v) is 13.7. The molecule has 3 fully saturated rings. The molecule has 6 nitrogen and oxygen atoms in total. The number of piperidine rings is 1. The van der Waals surface area contributed by atoms with Crippen LogP contribution in [0.5, 0.6) is 0 Å². The van der Waals surface area contributed by atoms with Gasteiger partial charge in [-0.1, -0.05) is 24.2 Å². The highest BCUT2D eigenvalue weighted by atomic mass is 35.5. The van der Waals surface area contributed by atoms with Crippen molar-refractivity contribution < 1.29 is 9.18 Å². The largest absolute Gasteiger partial charge is 0.344 e. The van der Waals surface area contributed by atoms with Crippen LogP contribution in [-0.2, 0) is 6.54 Å². The van der Waals surface area contributed by atoms with Crippen molar-refractivity contribution in [2.45, 2.75) is 82.5 Å². The highest BCUT2D eigenvalue weighted by Crippen LogP contribution is 2.42. The van der Waals surface area contributed by atoms with Gasteiger partial charge in [0, 0.05) is 48.2 Å². The summed E-state index contributed by atoms with van der Waals surface area (Å²) in [6, 6.07) is 8.00. The van der Waals surface area contributed by atoms with Crippen molar-refractivity contribution in [3.63, 3.8) is 0 Å². The number of rotatable bonds is 5. The molecule has 3 aliphatic rings. The fourth-order valence-electron chi connectivity index (χ4n) is 6.44. The molecule has 3 heterocycles. The normalized spacial score (nSPS) is 24.2. The number of benzene rings is 1. The summed E-state index contributed by atoms with van der Waals surface area (Å²) in [4.78, 5) is 17.6. The molecular formula is C28H37ClFN5O. The number of alkyl halides is 1. The SMILES string of the molecule is C=C(C)Nc1ccn(C(=O)N2CCC3(CCCN3Cc3ccc(Cl)cc3C3CCC(F)CC3)CC2)n1. The molecule has 2 aliphatic heterocycles. The number of amides is 1. The summed E-state index contributed by atoms with van der Waals surface area (Å²) in [5.74, 6) is 1.02. The number of halogens is 2. The van der Waals surface area contributed by atoms with Gasteiger partial charge in [-0.3, -0.25) is 4.90 Å². The number of carbonyl (C=O) groups is 1. The van der Waals surface area contributed by atoms with Crippen molar-refractivity contribution in [1.82, 2.24) is 19.6 Å². The predicted molar refractivity (Wildman–Crippen MR) is 142 cm³/mol. The molecule has 1 N–H and O–H groups in total. The Hall–Kier alpha value is -2.38. The zero-order chi connectivity index (χ0) is 25.3. The molecule has 2 saturated heterocycles. The van der Waals surface area contributed by atoms with Gasteiger partial charge < -0.3 is 10.2 Å². The van der Waals surface area contributed by atoms with Crippen molar-refractivity contribution in [2.24, 2.45) is 0 Å². The molecule has 1 spiro atoms. The maximum absolute atomic E-state index is 13.8. The van der Waals surface area contributed by atoms with Crippen LogP contribution >= 0.6 is 11.6 Å². The number of allylic oxidation sites excluding steroid dienone is 1. The van der Waals surface area contributed by atoms with Gasteiger partial charge in [0.15, 0.2) is 5.82 Å². The van der Waals surface area contributed by atoms with Gasteiger partial charge in [0.1, 0.15) is 6.17 Å². The maximum atomic E-state index is 13.8. The Balaban J connectivity index is 1.25. The Kier molecular flexibility index (Phi) is 7.40. The fourth-order valence-corrected chi connectivity index (χ4v) is 6.62. The lowest BCUT2D eigenvalue weighted by atomic mass is 9.80. The first-order chi connectivity index (χ1) is 17.3. The van der Waals surface area contributed by atoms with E-state index in [4.69, 9.17) is 11.6 Å². The predicted octanol–water partition coefficient (Wildman–Crippen LogP) is 6.58. The molecular weight excluding hydrogens is 477 g/mol. The second-order valence-electron chi connectivity index (χ2n) is 10.9. The number of nitrogens with one attached hydrogen (secondary N) is 1. The van der Waals surface area contributed by atoms with Gasteiger partial charge in [-0.25, -0.2) is 9.18 Å². The highest BCUT2D eigenvalue weighted by molar-refractivity contribution is 6.30. The molecule has 0 atom stereocenters. The highest BCUT2D eigenvalue weighted by Gasteiger charge is 2.44. The van der Waals surface area contributed by atoms with E-state index in [1.807, 2.05) is 17.9 Å². The third-order valence-electron chi connectivity index (χ3n) is 8.40. The van der Waals surface area contributed by atoms with Crippen LogP contribution in [0.25, 0.3) is 0 Å². The second-order valence-corrected chi connectivity index (χ2v) is 11.3. The van der Waals surface area contributed by atoms with E-state index in [0.29, 0.717) is 24.6 Å². The monoisotopic (exact) mass is 513 g/mol. The first-order valence-electron chi connectivity index (χ1n) is 13.3. The second kappa shape index (κ2) is 10.5. The van der Waals surface area contributed by atoms with Crippen LogP contribution in [0.3, 0.4) is 0 Å². The van der Waals surface area contributed by atoms with Gasteiger partial charge in [0.05, 0.1) is 0 Å². The van der Waals surface area contributed by atoms with Crippen molar-refractivity contribution in [2.75, 3.05) is 25.0 Å². The Morgan fingerprint density at radius 3 is 2.64 bits per heavy atom. The number of hydrogen-bond donors (Lipinski definition) is 1.